The summed E-state index contributed by atoms with van der Waals surface area (Å²) in [6.45, 7) is 0.488. The highest BCUT2D eigenvalue weighted by Crippen LogP contribution is 2.20. The third-order valence-electron chi connectivity index (χ3n) is 2.43. The molecule has 0 aliphatic rings. The van der Waals surface area contributed by atoms with Crippen molar-refractivity contribution in [1.29, 1.82) is 0 Å². The zero-order chi connectivity index (χ0) is 13.0. The van der Waals surface area contributed by atoms with E-state index in [-0.39, 0.29) is 5.69 Å². The van der Waals surface area contributed by atoms with Gasteiger partial charge in [-0.3, -0.25) is 10.1 Å². The normalized spacial score (nSPS) is 10.1. The van der Waals surface area contributed by atoms with E-state index in [4.69, 9.17) is 0 Å². The number of nitro groups is 1. The molecule has 0 bridgehead atoms. The van der Waals surface area contributed by atoms with E-state index in [9.17, 15) is 14.5 Å². The molecule has 2 rings (SSSR count). The van der Waals surface area contributed by atoms with E-state index in [1.165, 1.54) is 12.1 Å². The molecule has 0 saturated carbocycles. The van der Waals surface area contributed by atoms with Crippen LogP contribution in [0.4, 0.5) is 15.8 Å². The van der Waals surface area contributed by atoms with Crippen molar-refractivity contribution in [2.24, 2.45) is 0 Å². The van der Waals surface area contributed by atoms with Crippen LogP contribution in [-0.4, -0.2) is 4.92 Å². The Hall–Kier alpha value is -2.43. The third kappa shape index (κ3) is 3.04. The summed E-state index contributed by atoms with van der Waals surface area (Å²) < 4.78 is 13.2. The van der Waals surface area contributed by atoms with Crippen LogP contribution in [0.1, 0.15) is 5.56 Å². The van der Waals surface area contributed by atoms with Crippen molar-refractivity contribution < 1.29 is 9.31 Å². The molecular formula is C13H11FN2O2. The Morgan fingerprint density at radius 1 is 1.17 bits per heavy atom. The second-order valence-corrected chi connectivity index (χ2v) is 3.79. The van der Waals surface area contributed by atoms with Crippen molar-refractivity contribution in [1.82, 2.24) is 0 Å². The molecule has 0 aliphatic carbocycles. The number of benzene rings is 2. The maximum Gasteiger partial charge on any atom is 0.274 e. The van der Waals surface area contributed by atoms with Gasteiger partial charge in [0.05, 0.1) is 11.0 Å². The maximum absolute atomic E-state index is 13.2. The van der Waals surface area contributed by atoms with Gasteiger partial charge in [0, 0.05) is 18.3 Å². The second-order valence-electron chi connectivity index (χ2n) is 3.79. The molecule has 0 aromatic heterocycles. The predicted octanol–water partition coefficient (Wildman–Crippen LogP) is 3.35. The van der Waals surface area contributed by atoms with E-state index in [1.54, 1.807) is 0 Å². The molecule has 5 heteroatoms. The maximum atomic E-state index is 13.2. The summed E-state index contributed by atoms with van der Waals surface area (Å²) in [5.41, 5.74) is 1.15. The number of hydrogen-bond donors (Lipinski definition) is 1. The Morgan fingerprint density at radius 3 is 2.56 bits per heavy atom. The number of halogens is 1. The monoisotopic (exact) mass is 246 g/mol. The Kier molecular flexibility index (Phi) is 3.52. The van der Waals surface area contributed by atoms with Crippen molar-refractivity contribution in [2.75, 3.05) is 5.32 Å². The summed E-state index contributed by atoms with van der Waals surface area (Å²) in [5.74, 6) is -0.625. The van der Waals surface area contributed by atoms with Crippen LogP contribution in [0.5, 0.6) is 0 Å². The van der Waals surface area contributed by atoms with Crippen LogP contribution in [0.25, 0.3) is 0 Å². The topological polar surface area (TPSA) is 55.2 Å². The van der Waals surface area contributed by atoms with E-state index < -0.39 is 10.7 Å². The van der Waals surface area contributed by atoms with Crippen LogP contribution in [0.3, 0.4) is 0 Å². The fourth-order valence-corrected chi connectivity index (χ4v) is 1.58. The molecule has 0 saturated heterocycles. The number of nitrogens with zero attached hydrogens (tertiary/aromatic N) is 1. The van der Waals surface area contributed by atoms with Gasteiger partial charge in [-0.2, -0.15) is 0 Å². The molecule has 2 aromatic rings. The van der Waals surface area contributed by atoms with Gasteiger partial charge in [-0.25, -0.2) is 4.39 Å². The summed E-state index contributed by atoms with van der Waals surface area (Å²) in [6, 6.07) is 13.0. The molecule has 0 amide bonds. The summed E-state index contributed by atoms with van der Waals surface area (Å²) in [4.78, 5) is 9.98. The first-order valence-electron chi connectivity index (χ1n) is 5.38. The fraction of sp³-hybridized carbons (Fsp3) is 0.0769. The highest BCUT2D eigenvalue weighted by molar-refractivity contribution is 5.51. The van der Waals surface area contributed by atoms with E-state index in [2.05, 4.69) is 5.32 Å². The van der Waals surface area contributed by atoms with E-state index in [1.807, 2.05) is 30.3 Å². The third-order valence-corrected chi connectivity index (χ3v) is 2.43. The van der Waals surface area contributed by atoms with Gasteiger partial charge in [0.25, 0.3) is 5.69 Å². The Morgan fingerprint density at radius 2 is 1.89 bits per heavy atom. The first-order valence-corrected chi connectivity index (χ1v) is 5.38. The van der Waals surface area contributed by atoms with Gasteiger partial charge in [-0.15, -0.1) is 0 Å². The molecule has 92 valence electrons. The van der Waals surface area contributed by atoms with Crippen molar-refractivity contribution in [3.8, 4) is 0 Å². The molecular weight excluding hydrogens is 235 g/mol. The van der Waals surface area contributed by atoms with E-state index in [0.29, 0.717) is 12.2 Å². The first-order chi connectivity index (χ1) is 8.65. The van der Waals surface area contributed by atoms with Crippen LogP contribution in [0.2, 0.25) is 0 Å². The van der Waals surface area contributed by atoms with Gasteiger partial charge in [0.1, 0.15) is 5.82 Å². The van der Waals surface area contributed by atoms with Gasteiger partial charge in [-0.05, 0) is 11.6 Å². The average Bonchev–Trinajstić information content (AvgIpc) is 2.37. The highest BCUT2D eigenvalue weighted by atomic mass is 19.1. The molecule has 0 heterocycles. The first kappa shape index (κ1) is 12.0. The largest absolute Gasteiger partial charge is 0.381 e. The molecule has 18 heavy (non-hydrogen) atoms. The lowest BCUT2D eigenvalue weighted by Gasteiger charge is -2.06. The number of non-ortho nitro benzene ring substituents is 1. The van der Waals surface area contributed by atoms with Gasteiger partial charge < -0.3 is 5.32 Å². The second kappa shape index (κ2) is 5.27. The van der Waals surface area contributed by atoms with Crippen LogP contribution in [0.15, 0.2) is 48.5 Å². The van der Waals surface area contributed by atoms with Crippen LogP contribution in [-0.2, 0) is 6.54 Å². The molecule has 0 spiro atoms. The number of anilines is 1. The lowest BCUT2D eigenvalue weighted by atomic mass is 10.2. The molecule has 2 aromatic carbocycles. The van der Waals surface area contributed by atoms with E-state index in [0.717, 1.165) is 11.6 Å². The van der Waals surface area contributed by atoms with Crippen molar-refractivity contribution in [3.63, 3.8) is 0 Å². The smallest absolute Gasteiger partial charge is 0.274 e. The quantitative estimate of drug-likeness (QED) is 0.664. The zero-order valence-electron chi connectivity index (χ0n) is 9.47. The number of nitrogens with one attached hydrogen (secondary N) is 1. The minimum atomic E-state index is -0.625. The highest BCUT2D eigenvalue weighted by Gasteiger charge is 2.09. The van der Waals surface area contributed by atoms with Gasteiger partial charge in [-0.1, -0.05) is 30.3 Å². The number of rotatable bonds is 4. The molecule has 4 nitrogen and oxygen atoms in total. The average molecular weight is 246 g/mol. The lowest BCUT2D eigenvalue weighted by Crippen LogP contribution is -2.00. The standard InChI is InChI=1S/C13H11FN2O2/c14-11-6-12(8-13(7-11)16(17)18)15-9-10-4-2-1-3-5-10/h1-8,15H,9H2. The number of hydrogen-bond acceptors (Lipinski definition) is 3. The van der Waals surface area contributed by atoms with Gasteiger partial charge in [0.15, 0.2) is 0 Å². The van der Waals surface area contributed by atoms with Crippen LogP contribution in [0, 0.1) is 15.9 Å². The van der Waals surface area contributed by atoms with Crippen molar-refractivity contribution in [2.45, 2.75) is 6.54 Å². The molecule has 0 aliphatic heterocycles. The van der Waals surface area contributed by atoms with E-state index >= 15 is 0 Å². The Labute approximate surface area is 103 Å². The van der Waals surface area contributed by atoms with Crippen LogP contribution < -0.4 is 5.32 Å². The predicted molar refractivity (Wildman–Crippen MR) is 66.8 cm³/mol. The van der Waals surface area contributed by atoms with Crippen molar-refractivity contribution >= 4 is 11.4 Å². The van der Waals surface area contributed by atoms with Gasteiger partial charge in [0.2, 0.25) is 0 Å². The summed E-state index contributed by atoms with van der Waals surface area (Å²) in [7, 11) is 0. The van der Waals surface area contributed by atoms with Crippen LogP contribution >= 0.6 is 0 Å². The fourth-order valence-electron chi connectivity index (χ4n) is 1.58. The Bertz CT molecular complexity index is 558. The Balaban J connectivity index is 2.12. The minimum Gasteiger partial charge on any atom is -0.381 e. The molecule has 0 unspecified atom stereocenters. The SMILES string of the molecule is O=[N+]([O-])c1cc(F)cc(NCc2ccccc2)c1. The van der Waals surface area contributed by atoms with Gasteiger partial charge >= 0.3 is 0 Å². The molecule has 0 radical (unpaired) electrons. The summed E-state index contributed by atoms with van der Waals surface area (Å²) >= 11 is 0. The van der Waals surface area contributed by atoms with Crippen molar-refractivity contribution in [3.05, 3.63) is 70.0 Å². The minimum absolute atomic E-state index is 0.259. The zero-order valence-corrected chi connectivity index (χ0v) is 9.47. The lowest BCUT2D eigenvalue weighted by molar-refractivity contribution is -0.385. The summed E-state index contributed by atoms with van der Waals surface area (Å²) in [6.07, 6.45) is 0. The molecule has 0 fully saturated rings. The molecule has 0 atom stereocenters. The summed E-state index contributed by atoms with van der Waals surface area (Å²) in [5, 5.41) is 13.5. The molecule has 1 N–H and O–H groups in total. The number of nitro benzene ring substituents is 1.